The SMILES string of the molecule is CN=C(NCc1cccc(COC2CCOCC2)c1)N1CCC(OCC2CCCO2)CC1.I. The average Bonchev–Trinajstić information content (AvgIpc) is 3.37. The van der Waals surface area contributed by atoms with E-state index in [9.17, 15) is 0 Å². The molecule has 0 saturated carbocycles. The van der Waals surface area contributed by atoms with Crippen molar-refractivity contribution >= 4 is 29.9 Å². The largest absolute Gasteiger partial charge is 0.381 e. The Hall–Kier alpha value is -0.940. The van der Waals surface area contributed by atoms with Gasteiger partial charge in [-0.05, 0) is 49.7 Å². The first-order valence-electron chi connectivity index (χ1n) is 12.3. The molecule has 3 aliphatic rings. The van der Waals surface area contributed by atoms with Gasteiger partial charge in [0.15, 0.2) is 5.96 Å². The van der Waals surface area contributed by atoms with Crippen molar-refractivity contribution < 1.29 is 18.9 Å². The lowest BCUT2D eigenvalue weighted by molar-refractivity contribution is -0.0390. The molecule has 0 radical (unpaired) electrons. The first-order chi connectivity index (χ1) is 15.8. The van der Waals surface area contributed by atoms with E-state index in [2.05, 4.69) is 39.5 Å². The van der Waals surface area contributed by atoms with Gasteiger partial charge in [-0.2, -0.15) is 0 Å². The van der Waals surface area contributed by atoms with Crippen LogP contribution in [-0.2, 0) is 32.1 Å². The summed E-state index contributed by atoms with van der Waals surface area (Å²) in [5.74, 6) is 0.964. The molecular formula is C25H40IN3O4. The zero-order valence-electron chi connectivity index (χ0n) is 19.9. The van der Waals surface area contributed by atoms with E-state index < -0.39 is 0 Å². The summed E-state index contributed by atoms with van der Waals surface area (Å²) < 4.78 is 23.3. The molecule has 1 N–H and O–H groups in total. The van der Waals surface area contributed by atoms with E-state index in [1.807, 2.05) is 7.05 Å². The van der Waals surface area contributed by atoms with Crippen LogP contribution in [-0.4, -0.2) is 75.7 Å². The van der Waals surface area contributed by atoms with Crippen molar-refractivity contribution in [2.24, 2.45) is 4.99 Å². The molecule has 3 saturated heterocycles. The minimum atomic E-state index is 0. The van der Waals surface area contributed by atoms with Gasteiger partial charge in [-0.1, -0.05) is 24.3 Å². The summed E-state index contributed by atoms with van der Waals surface area (Å²) in [6.45, 7) is 6.61. The molecule has 186 valence electrons. The Bertz CT molecular complexity index is 715. The van der Waals surface area contributed by atoms with Crippen LogP contribution in [0.1, 0.15) is 49.7 Å². The van der Waals surface area contributed by atoms with Crippen molar-refractivity contribution in [2.45, 2.75) is 70.0 Å². The van der Waals surface area contributed by atoms with Crippen LogP contribution in [0.25, 0.3) is 0 Å². The highest BCUT2D eigenvalue weighted by Crippen LogP contribution is 2.18. The smallest absolute Gasteiger partial charge is 0.193 e. The fraction of sp³-hybridized carbons (Fsp3) is 0.720. The molecule has 1 aromatic carbocycles. The lowest BCUT2D eigenvalue weighted by atomic mass is 10.1. The molecule has 0 spiro atoms. The Kier molecular flexibility index (Phi) is 11.7. The zero-order valence-corrected chi connectivity index (χ0v) is 22.2. The van der Waals surface area contributed by atoms with Crippen LogP contribution in [0.2, 0.25) is 0 Å². The van der Waals surface area contributed by atoms with Gasteiger partial charge in [0.25, 0.3) is 0 Å². The van der Waals surface area contributed by atoms with Crippen LogP contribution < -0.4 is 5.32 Å². The second kappa shape index (κ2) is 14.5. The summed E-state index contributed by atoms with van der Waals surface area (Å²) in [6.07, 6.45) is 7.32. The molecule has 0 bridgehead atoms. The van der Waals surface area contributed by atoms with E-state index in [1.165, 1.54) is 17.5 Å². The number of hydrogen-bond acceptors (Lipinski definition) is 5. The summed E-state index contributed by atoms with van der Waals surface area (Å²) in [6, 6.07) is 8.63. The number of likely N-dealkylation sites (tertiary alicyclic amines) is 1. The maximum Gasteiger partial charge on any atom is 0.193 e. The second-order valence-electron chi connectivity index (χ2n) is 9.00. The van der Waals surface area contributed by atoms with Crippen LogP contribution in [0.5, 0.6) is 0 Å². The van der Waals surface area contributed by atoms with Gasteiger partial charge in [-0.25, -0.2) is 0 Å². The number of aliphatic imine (C=N–C) groups is 1. The molecule has 0 aliphatic carbocycles. The molecule has 7 nitrogen and oxygen atoms in total. The second-order valence-corrected chi connectivity index (χ2v) is 9.00. The minimum Gasteiger partial charge on any atom is -0.381 e. The summed E-state index contributed by atoms with van der Waals surface area (Å²) in [4.78, 5) is 6.85. The van der Waals surface area contributed by atoms with E-state index in [0.29, 0.717) is 24.9 Å². The molecule has 1 unspecified atom stereocenters. The summed E-state index contributed by atoms with van der Waals surface area (Å²) in [5.41, 5.74) is 2.46. The third-order valence-corrected chi connectivity index (χ3v) is 6.59. The fourth-order valence-corrected chi connectivity index (χ4v) is 4.65. The molecule has 3 aliphatic heterocycles. The normalized spacial score (nSPS) is 22.9. The summed E-state index contributed by atoms with van der Waals surface area (Å²) >= 11 is 0. The summed E-state index contributed by atoms with van der Waals surface area (Å²) in [5, 5.41) is 3.54. The third kappa shape index (κ3) is 8.65. The van der Waals surface area contributed by atoms with Crippen LogP contribution in [0, 0.1) is 0 Å². The van der Waals surface area contributed by atoms with Gasteiger partial charge in [0.05, 0.1) is 31.5 Å². The Morgan fingerprint density at radius 1 is 1.03 bits per heavy atom. The molecule has 3 fully saturated rings. The lowest BCUT2D eigenvalue weighted by Gasteiger charge is -2.34. The first kappa shape index (κ1) is 26.7. The Morgan fingerprint density at radius 2 is 1.79 bits per heavy atom. The van der Waals surface area contributed by atoms with Crippen LogP contribution in [0.4, 0.5) is 0 Å². The molecule has 1 atom stereocenters. The van der Waals surface area contributed by atoms with Gasteiger partial charge in [0.2, 0.25) is 0 Å². The maximum atomic E-state index is 6.11. The molecule has 0 amide bonds. The van der Waals surface area contributed by atoms with Gasteiger partial charge in [0.1, 0.15) is 0 Å². The zero-order chi connectivity index (χ0) is 22.0. The highest BCUT2D eigenvalue weighted by atomic mass is 127. The molecular weight excluding hydrogens is 533 g/mol. The minimum absolute atomic E-state index is 0. The standard InChI is InChI=1S/C25H39N3O4.HI/c1-26-25(28-11-7-22(8-12-28)32-19-24-6-3-13-30-24)27-17-20-4-2-5-21(16-20)18-31-23-9-14-29-15-10-23;/h2,4-5,16,22-24H,3,6-15,17-19H2,1H3,(H,26,27);1H. The third-order valence-electron chi connectivity index (χ3n) is 6.59. The molecule has 0 aromatic heterocycles. The lowest BCUT2D eigenvalue weighted by Crippen LogP contribution is -2.47. The number of nitrogens with one attached hydrogen (secondary N) is 1. The number of halogens is 1. The molecule has 3 heterocycles. The van der Waals surface area contributed by atoms with E-state index in [-0.39, 0.29) is 24.0 Å². The number of benzene rings is 1. The van der Waals surface area contributed by atoms with E-state index >= 15 is 0 Å². The van der Waals surface area contributed by atoms with Gasteiger partial charge in [-0.15, -0.1) is 24.0 Å². The molecule has 33 heavy (non-hydrogen) atoms. The first-order valence-corrected chi connectivity index (χ1v) is 12.3. The number of guanidine groups is 1. The van der Waals surface area contributed by atoms with E-state index in [0.717, 1.165) is 84.1 Å². The molecule has 8 heteroatoms. The number of ether oxygens (including phenoxy) is 4. The van der Waals surface area contributed by atoms with Crippen LogP contribution in [0.15, 0.2) is 29.3 Å². The van der Waals surface area contributed by atoms with E-state index in [4.69, 9.17) is 18.9 Å². The Morgan fingerprint density at radius 3 is 2.52 bits per heavy atom. The van der Waals surface area contributed by atoms with E-state index in [1.54, 1.807) is 0 Å². The topological polar surface area (TPSA) is 64.6 Å². The highest BCUT2D eigenvalue weighted by molar-refractivity contribution is 14.0. The van der Waals surface area contributed by atoms with Crippen molar-refractivity contribution in [1.29, 1.82) is 0 Å². The van der Waals surface area contributed by atoms with Gasteiger partial charge < -0.3 is 29.2 Å². The maximum absolute atomic E-state index is 6.11. The number of piperidine rings is 1. The van der Waals surface area contributed by atoms with Crippen molar-refractivity contribution in [3.8, 4) is 0 Å². The molecule has 1 aromatic rings. The van der Waals surface area contributed by atoms with Crippen molar-refractivity contribution in [3.05, 3.63) is 35.4 Å². The predicted molar refractivity (Wildman–Crippen MR) is 140 cm³/mol. The molecule has 4 rings (SSSR count). The van der Waals surface area contributed by atoms with Gasteiger partial charge in [0, 0.05) is 46.5 Å². The number of hydrogen-bond donors (Lipinski definition) is 1. The fourth-order valence-electron chi connectivity index (χ4n) is 4.65. The monoisotopic (exact) mass is 573 g/mol. The Balaban J connectivity index is 0.00000306. The predicted octanol–water partition coefficient (Wildman–Crippen LogP) is 3.74. The van der Waals surface area contributed by atoms with Crippen molar-refractivity contribution in [1.82, 2.24) is 10.2 Å². The van der Waals surface area contributed by atoms with Gasteiger partial charge in [-0.3, -0.25) is 4.99 Å². The Labute approximate surface area is 215 Å². The van der Waals surface area contributed by atoms with Gasteiger partial charge >= 0.3 is 0 Å². The van der Waals surface area contributed by atoms with Crippen molar-refractivity contribution in [2.75, 3.05) is 46.6 Å². The van der Waals surface area contributed by atoms with Crippen molar-refractivity contribution in [3.63, 3.8) is 0 Å². The highest BCUT2D eigenvalue weighted by Gasteiger charge is 2.24. The average molecular weight is 574 g/mol. The van der Waals surface area contributed by atoms with Crippen LogP contribution >= 0.6 is 24.0 Å². The van der Waals surface area contributed by atoms with Crippen LogP contribution in [0.3, 0.4) is 0 Å². The number of rotatable bonds is 8. The summed E-state index contributed by atoms with van der Waals surface area (Å²) in [7, 11) is 1.86. The quantitative estimate of drug-likeness (QED) is 0.291. The number of nitrogens with zero attached hydrogens (tertiary/aromatic N) is 2.